The van der Waals surface area contributed by atoms with Gasteiger partial charge in [0, 0.05) is 38.3 Å². The van der Waals surface area contributed by atoms with Crippen LogP contribution in [-0.2, 0) is 5.41 Å². The molecule has 3 nitrogen and oxygen atoms in total. The summed E-state index contributed by atoms with van der Waals surface area (Å²) >= 11 is 0. The maximum atomic E-state index is 9.62. The average Bonchev–Trinajstić information content (AvgIpc) is 3.74. The summed E-state index contributed by atoms with van der Waals surface area (Å²) in [7, 11) is 0. The molecule has 0 atom stereocenters. The molecular formula is C46H31N3. The predicted octanol–water partition coefficient (Wildman–Crippen LogP) is 11.7. The van der Waals surface area contributed by atoms with E-state index >= 15 is 0 Å². The minimum Gasteiger partial charge on any atom is -0.309 e. The molecule has 0 amide bonds. The van der Waals surface area contributed by atoms with Crippen LogP contribution in [-0.4, -0.2) is 9.13 Å². The van der Waals surface area contributed by atoms with Crippen LogP contribution in [0.5, 0.6) is 0 Å². The zero-order chi connectivity index (χ0) is 32.9. The van der Waals surface area contributed by atoms with Crippen molar-refractivity contribution < 1.29 is 0 Å². The van der Waals surface area contributed by atoms with Crippen LogP contribution in [0.15, 0.2) is 152 Å². The molecule has 230 valence electrons. The summed E-state index contributed by atoms with van der Waals surface area (Å²) in [4.78, 5) is 0. The number of benzene rings is 7. The van der Waals surface area contributed by atoms with Crippen LogP contribution in [0.25, 0.3) is 77.2 Å². The van der Waals surface area contributed by atoms with Gasteiger partial charge in [0.25, 0.3) is 0 Å². The largest absolute Gasteiger partial charge is 0.309 e. The standard InChI is InChI=1S/C46H31N3/c1-46(2)40-24-29(28-47)16-20-34(40)35-22-19-33(27-41(35)46)49-42-14-8-6-12-36(42)38-21-17-31(26-45(38)49)30-18-23-44-39(25-30)37-13-7-9-15-43(37)48(44)32-10-4-3-5-11-32/h3-27H,1-2H3. The summed E-state index contributed by atoms with van der Waals surface area (Å²) in [5, 5.41) is 14.6. The van der Waals surface area contributed by atoms with Crippen molar-refractivity contribution in [2.24, 2.45) is 0 Å². The van der Waals surface area contributed by atoms with E-state index in [-0.39, 0.29) is 5.41 Å². The van der Waals surface area contributed by atoms with Gasteiger partial charge < -0.3 is 9.13 Å². The van der Waals surface area contributed by atoms with Gasteiger partial charge in [0.2, 0.25) is 0 Å². The quantitative estimate of drug-likeness (QED) is 0.192. The number of nitriles is 1. The lowest BCUT2D eigenvalue weighted by molar-refractivity contribution is 0.659. The molecule has 2 aromatic heterocycles. The Balaban J connectivity index is 1.17. The third kappa shape index (κ3) is 3.89. The third-order valence-electron chi connectivity index (χ3n) is 10.7. The first-order valence-electron chi connectivity index (χ1n) is 16.8. The summed E-state index contributed by atoms with van der Waals surface area (Å²) in [6, 6.07) is 57.2. The molecule has 1 aliphatic rings. The van der Waals surface area contributed by atoms with E-state index in [1.807, 2.05) is 6.07 Å². The Morgan fingerprint density at radius 2 is 1.02 bits per heavy atom. The van der Waals surface area contributed by atoms with Gasteiger partial charge in [-0.25, -0.2) is 0 Å². The molecule has 0 unspecified atom stereocenters. The monoisotopic (exact) mass is 625 g/mol. The molecule has 3 heteroatoms. The molecule has 9 aromatic rings. The van der Waals surface area contributed by atoms with Crippen LogP contribution in [0.4, 0.5) is 0 Å². The number of nitrogens with zero attached hydrogens (tertiary/aromatic N) is 3. The molecule has 49 heavy (non-hydrogen) atoms. The minimum atomic E-state index is -0.216. The van der Waals surface area contributed by atoms with Crippen LogP contribution in [0.3, 0.4) is 0 Å². The van der Waals surface area contributed by atoms with E-state index in [4.69, 9.17) is 0 Å². The maximum absolute atomic E-state index is 9.62. The van der Waals surface area contributed by atoms with Crippen LogP contribution in [0, 0.1) is 11.3 Å². The number of hydrogen-bond acceptors (Lipinski definition) is 1. The van der Waals surface area contributed by atoms with Gasteiger partial charge in [0.15, 0.2) is 0 Å². The van der Waals surface area contributed by atoms with Gasteiger partial charge in [-0.05, 0) is 100 Å². The van der Waals surface area contributed by atoms with E-state index in [1.54, 1.807) is 0 Å². The van der Waals surface area contributed by atoms with Gasteiger partial charge in [0.05, 0.1) is 33.7 Å². The molecule has 2 heterocycles. The molecule has 7 aromatic carbocycles. The van der Waals surface area contributed by atoms with Gasteiger partial charge in [-0.15, -0.1) is 0 Å². The highest BCUT2D eigenvalue weighted by Crippen LogP contribution is 2.50. The molecule has 0 saturated carbocycles. The highest BCUT2D eigenvalue weighted by Gasteiger charge is 2.36. The van der Waals surface area contributed by atoms with Crippen LogP contribution >= 0.6 is 0 Å². The summed E-state index contributed by atoms with van der Waals surface area (Å²) in [6.07, 6.45) is 0. The van der Waals surface area contributed by atoms with Crippen LogP contribution in [0.2, 0.25) is 0 Å². The summed E-state index contributed by atoms with van der Waals surface area (Å²) in [5.41, 5.74) is 14.9. The van der Waals surface area contributed by atoms with Gasteiger partial charge in [-0.3, -0.25) is 0 Å². The highest BCUT2D eigenvalue weighted by molar-refractivity contribution is 6.12. The van der Waals surface area contributed by atoms with E-state index in [2.05, 4.69) is 175 Å². The lowest BCUT2D eigenvalue weighted by atomic mass is 9.82. The Morgan fingerprint density at radius 1 is 0.449 bits per heavy atom. The van der Waals surface area contributed by atoms with E-state index in [9.17, 15) is 5.26 Å². The second-order valence-corrected chi connectivity index (χ2v) is 13.7. The van der Waals surface area contributed by atoms with Crippen molar-refractivity contribution in [3.05, 3.63) is 168 Å². The van der Waals surface area contributed by atoms with E-state index < -0.39 is 0 Å². The second kappa shape index (κ2) is 10.1. The zero-order valence-electron chi connectivity index (χ0n) is 27.3. The van der Waals surface area contributed by atoms with Gasteiger partial charge in [-0.1, -0.05) is 98.8 Å². The topological polar surface area (TPSA) is 33.6 Å². The summed E-state index contributed by atoms with van der Waals surface area (Å²) < 4.78 is 4.79. The Morgan fingerprint density at radius 3 is 1.78 bits per heavy atom. The highest BCUT2D eigenvalue weighted by atomic mass is 15.0. The third-order valence-corrected chi connectivity index (χ3v) is 10.7. The lowest BCUT2D eigenvalue weighted by Crippen LogP contribution is -2.15. The average molecular weight is 626 g/mol. The number of rotatable bonds is 3. The van der Waals surface area contributed by atoms with Crippen LogP contribution < -0.4 is 0 Å². The Labute approximate surface area is 284 Å². The molecule has 0 radical (unpaired) electrons. The molecule has 0 saturated heterocycles. The predicted molar refractivity (Wildman–Crippen MR) is 203 cm³/mol. The first-order chi connectivity index (χ1) is 24.0. The second-order valence-electron chi connectivity index (χ2n) is 13.7. The summed E-state index contributed by atoms with van der Waals surface area (Å²) in [5.74, 6) is 0. The molecule has 10 rings (SSSR count). The normalized spacial score (nSPS) is 13.2. The molecule has 0 bridgehead atoms. The van der Waals surface area contributed by atoms with Crippen molar-refractivity contribution in [2.45, 2.75) is 19.3 Å². The van der Waals surface area contributed by atoms with Crippen molar-refractivity contribution in [1.29, 1.82) is 5.26 Å². The maximum Gasteiger partial charge on any atom is 0.0991 e. The first kappa shape index (κ1) is 27.7. The van der Waals surface area contributed by atoms with Crippen molar-refractivity contribution >= 4 is 43.6 Å². The number of aromatic nitrogens is 2. The molecule has 1 aliphatic carbocycles. The number of para-hydroxylation sites is 3. The Bertz CT molecular complexity index is 2860. The zero-order valence-corrected chi connectivity index (χ0v) is 27.3. The minimum absolute atomic E-state index is 0.216. The SMILES string of the molecule is CC1(C)c2cc(C#N)ccc2-c2ccc(-n3c4ccccc4c4ccc(-c5ccc6c(c5)c5ccccc5n6-c5ccccc5)cc43)cc21. The number of fused-ring (bicyclic) bond motifs is 9. The molecule has 0 spiro atoms. The van der Waals surface area contributed by atoms with Crippen molar-refractivity contribution in [1.82, 2.24) is 9.13 Å². The first-order valence-corrected chi connectivity index (χ1v) is 16.8. The van der Waals surface area contributed by atoms with Crippen LogP contribution in [0.1, 0.15) is 30.5 Å². The summed E-state index contributed by atoms with van der Waals surface area (Å²) in [6.45, 7) is 4.55. The van der Waals surface area contributed by atoms with Gasteiger partial charge in [-0.2, -0.15) is 5.26 Å². The van der Waals surface area contributed by atoms with E-state index in [1.165, 1.54) is 82.7 Å². The fourth-order valence-electron chi connectivity index (χ4n) is 8.37. The lowest BCUT2D eigenvalue weighted by Gasteiger charge is -2.22. The molecule has 0 N–H and O–H groups in total. The Hall–Kier alpha value is -6.37. The van der Waals surface area contributed by atoms with Crippen molar-refractivity contribution in [2.75, 3.05) is 0 Å². The molecule has 0 fully saturated rings. The van der Waals surface area contributed by atoms with E-state index in [0.29, 0.717) is 5.56 Å². The fraction of sp³-hybridized carbons (Fsp3) is 0.0652. The number of hydrogen-bond donors (Lipinski definition) is 0. The molecule has 0 aliphatic heterocycles. The van der Waals surface area contributed by atoms with Gasteiger partial charge >= 0.3 is 0 Å². The van der Waals surface area contributed by atoms with Gasteiger partial charge in [0.1, 0.15) is 0 Å². The van der Waals surface area contributed by atoms with Crippen molar-refractivity contribution in [3.8, 4) is 39.7 Å². The smallest absolute Gasteiger partial charge is 0.0991 e. The van der Waals surface area contributed by atoms with Crippen molar-refractivity contribution in [3.63, 3.8) is 0 Å². The van der Waals surface area contributed by atoms with E-state index in [0.717, 1.165) is 5.69 Å². The molecular weight excluding hydrogens is 595 g/mol. The fourth-order valence-corrected chi connectivity index (χ4v) is 8.37. The Kier molecular flexibility index (Phi) is 5.69.